The SMILES string of the molecule is C[C@@H](O)[C@H](NS(=O)(=O)c1ccccc1Br)C(=O)O. The second-order valence-corrected chi connectivity index (χ2v) is 6.14. The molecule has 100 valence electrons. The Bertz CT molecular complexity index is 543. The van der Waals surface area contributed by atoms with Gasteiger partial charge in [0.15, 0.2) is 0 Å². The van der Waals surface area contributed by atoms with Crippen LogP contribution in [0.5, 0.6) is 0 Å². The van der Waals surface area contributed by atoms with Crippen molar-refractivity contribution in [2.75, 3.05) is 0 Å². The minimum atomic E-state index is -4.02. The lowest BCUT2D eigenvalue weighted by atomic mass is 10.2. The quantitative estimate of drug-likeness (QED) is 0.728. The highest BCUT2D eigenvalue weighted by atomic mass is 79.9. The molecule has 1 rings (SSSR count). The summed E-state index contributed by atoms with van der Waals surface area (Å²) in [6, 6.07) is 4.39. The number of nitrogens with one attached hydrogen (secondary N) is 1. The van der Waals surface area contributed by atoms with Crippen molar-refractivity contribution < 1.29 is 23.4 Å². The van der Waals surface area contributed by atoms with Crippen LogP contribution in [0.3, 0.4) is 0 Å². The van der Waals surface area contributed by atoms with Crippen molar-refractivity contribution >= 4 is 31.9 Å². The van der Waals surface area contributed by atoms with Crippen LogP contribution >= 0.6 is 15.9 Å². The Morgan fingerprint density at radius 1 is 1.39 bits per heavy atom. The van der Waals surface area contributed by atoms with Crippen LogP contribution in [0.2, 0.25) is 0 Å². The van der Waals surface area contributed by atoms with E-state index in [1.54, 1.807) is 6.07 Å². The first-order valence-electron chi connectivity index (χ1n) is 4.93. The number of benzene rings is 1. The number of aliphatic carboxylic acids is 1. The molecular weight excluding hydrogens is 326 g/mol. The molecule has 0 aliphatic heterocycles. The molecule has 0 aliphatic carbocycles. The van der Waals surface area contributed by atoms with Gasteiger partial charge < -0.3 is 10.2 Å². The van der Waals surface area contributed by atoms with Crippen molar-refractivity contribution in [1.29, 1.82) is 0 Å². The fourth-order valence-electron chi connectivity index (χ4n) is 1.25. The molecule has 2 atom stereocenters. The van der Waals surface area contributed by atoms with Crippen molar-refractivity contribution in [2.24, 2.45) is 0 Å². The second-order valence-electron chi connectivity index (χ2n) is 3.61. The fourth-order valence-corrected chi connectivity index (χ4v) is 3.51. The van der Waals surface area contributed by atoms with Crippen LogP contribution in [0.4, 0.5) is 0 Å². The van der Waals surface area contributed by atoms with Crippen LogP contribution < -0.4 is 4.72 Å². The smallest absolute Gasteiger partial charge is 0.324 e. The van der Waals surface area contributed by atoms with Crippen LogP contribution in [0.25, 0.3) is 0 Å². The summed E-state index contributed by atoms with van der Waals surface area (Å²) in [4.78, 5) is 10.8. The van der Waals surface area contributed by atoms with Gasteiger partial charge in [0.1, 0.15) is 6.04 Å². The average molecular weight is 338 g/mol. The van der Waals surface area contributed by atoms with Crippen molar-refractivity contribution in [2.45, 2.75) is 24.0 Å². The summed E-state index contributed by atoms with van der Waals surface area (Å²) in [5.74, 6) is -1.44. The highest BCUT2D eigenvalue weighted by Crippen LogP contribution is 2.21. The Morgan fingerprint density at radius 3 is 2.39 bits per heavy atom. The summed E-state index contributed by atoms with van der Waals surface area (Å²) < 4.78 is 26.2. The molecule has 0 saturated carbocycles. The first-order chi connectivity index (χ1) is 8.25. The predicted molar refractivity (Wildman–Crippen MR) is 67.6 cm³/mol. The summed E-state index contributed by atoms with van der Waals surface area (Å²) in [7, 11) is -4.02. The Labute approximate surface area is 113 Å². The molecule has 0 spiro atoms. The van der Waals surface area contributed by atoms with E-state index in [1.165, 1.54) is 25.1 Å². The minimum absolute atomic E-state index is 0.0862. The molecule has 18 heavy (non-hydrogen) atoms. The van der Waals surface area contributed by atoms with Gasteiger partial charge in [0.05, 0.1) is 11.0 Å². The van der Waals surface area contributed by atoms with Gasteiger partial charge in [-0.05, 0) is 35.0 Å². The summed E-state index contributed by atoms with van der Waals surface area (Å²) in [6.45, 7) is 1.20. The highest BCUT2D eigenvalue weighted by Gasteiger charge is 2.29. The fraction of sp³-hybridized carbons (Fsp3) is 0.300. The van der Waals surface area contributed by atoms with Crippen LogP contribution in [0, 0.1) is 0 Å². The van der Waals surface area contributed by atoms with E-state index in [9.17, 15) is 18.3 Å². The molecule has 3 N–H and O–H groups in total. The first kappa shape index (κ1) is 15.1. The number of carboxylic acid groups (broad SMARTS) is 1. The number of carboxylic acids is 1. The molecule has 0 heterocycles. The van der Waals surface area contributed by atoms with E-state index >= 15 is 0 Å². The molecule has 0 amide bonds. The lowest BCUT2D eigenvalue weighted by molar-refractivity contribution is -0.141. The van der Waals surface area contributed by atoms with E-state index in [4.69, 9.17) is 5.11 Å². The van der Waals surface area contributed by atoms with Gasteiger partial charge in [0.2, 0.25) is 10.0 Å². The molecule has 0 aromatic heterocycles. The molecule has 0 radical (unpaired) electrons. The van der Waals surface area contributed by atoms with Gasteiger partial charge in [-0.25, -0.2) is 8.42 Å². The number of hydrogen-bond donors (Lipinski definition) is 3. The van der Waals surface area contributed by atoms with E-state index in [1.807, 2.05) is 4.72 Å². The Morgan fingerprint density at radius 2 is 1.94 bits per heavy atom. The van der Waals surface area contributed by atoms with Gasteiger partial charge >= 0.3 is 5.97 Å². The molecule has 0 aliphatic rings. The average Bonchev–Trinajstić information content (AvgIpc) is 2.25. The summed E-state index contributed by atoms with van der Waals surface area (Å²) in [6.07, 6.45) is -1.35. The number of hydrogen-bond acceptors (Lipinski definition) is 4. The van der Waals surface area contributed by atoms with E-state index < -0.39 is 28.1 Å². The zero-order valence-electron chi connectivity index (χ0n) is 9.37. The molecular formula is C10H12BrNO5S. The topological polar surface area (TPSA) is 104 Å². The zero-order valence-corrected chi connectivity index (χ0v) is 11.8. The zero-order chi connectivity index (χ0) is 13.9. The van der Waals surface area contributed by atoms with E-state index in [0.717, 1.165) is 0 Å². The van der Waals surface area contributed by atoms with Crippen LogP contribution in [-0.2, 0) is 14.8 Å². The third-order valence-electron chi connectivity index (χ3n) is 2.16. The van der Waals surface area contributed by atoms with Crippen molar-refractivity contribution in [3.63, 3.8) is 0 Å². The number of sulfonamides is 1. The van der Waals surface area contributed by atoms with Crippen LogP contribution in [0.1, 0.15) is 6.92 Å². The lowest BCUT2D eigenvalue weighted by Crippen LogP contribution is -2.47. The standard InChI is InChI=1S/C10H12BrNO5S/c1-6(13)9(10(14)15)12-18(16,17)8-5-3-2-4-7(8)11/h2-6,9,12-13H,1H3,(H,14,15)/t6-,9+/m1/s1. The maximum absolute atomic E-state index is 12.0. The van der Waals surface area contributed by atoms with Gasteiger partial charge in [-0.1, -0.05) is 12.1 Å². The first-order valence-corrected chi connectivity index (χ1v) is 7.21. The third kappa shape index (κ3) is 3.52. The van der Waals surface area contributed by atoms with Gasteiger partial charge in [0.25, 0.3) is 0 Å². The number of rotatable bonds is 5. The molecule has 0 saturated heterocycles. The second kappa shape index (κ2) is 5.79. The summed E-state index contributed by atoms with van der Waals surface area (Å²) in [5.41, 5.74) is 0. The van der Waals surface area contributed by atoms with Crippen LogP contribution in [-0.4, -0.2) is 36.7 Å². The van der Waals surface area contributed by atoms with E-state index in [0.29, 0.717) is 4.47 Å². The number of carbonyl (C=O) groups is 1. The maximum Gasteiger partial charge on any atom is 0.324 e. The maximum atomic E-state index is 12.0. The number of aliphatic hydroxyl groups excluding tert-OH is 1. The largest absolute Gasteiger partial charge is 0.480 e. The predicted octanol–water partition coefficient (Wildman–Crippen LogP) is 0.561. The van der Waals surface area contributed by atoms with Gasteiger partial charge in [-0.15, -0.1) is 0 Å². The highest BCUT2D eigenvalue weighted by molar-refractivity contribution is 9.10. The van der Waals surface area contributed by atoms with Gasteiger partial charge in [-0.3, -0.25) is 4.79 Å². The van der Waals surface area contributed by atoms with Crippen molar-refractivity contribution in [1.82, 2.24) is 4.72 Å². The summed E-state index contributed by atoms with van der Waals surface area (Å²) in [5, 5.41) is 18.1. The van der Waals surface area contributed by atoms with Crippen molar-refractivity contribution in [3.8, 4) is 0 Å². The molecule has 0 unspecified atom stereocenters. The van der Waals surface area contributed by atoms with Gasteiger partial charge in [0, 0.05) is 4.47 Å². The monoisotopic (exact) mass is 337 g/mol. The third-order valence-corrected chi connectivity index (χ3v) is 4.61. The Kier molecular flexibility index (Phi) is 4.85. The lowest BCUT2D eigenvalue weighted by Gasteiger charge is -2.17. The molecule has 0 fully saturated rings. The molecule has 1 aromatic rings. The Hall–Kier alpha value is -0.960. The summed E-state index contributed by atoms with van der Waals surface area (Å²) >= 11 is 3.07. The molecule has 6 nitrogen and oxygen atoms in total. The number of aliphatic hydroxyl groups is 1. The van der Waals surface area contributed by atoms with Crippen LogP contribution in [0.15, 0.2) is 33.6 Å². The van der Waals surface area contributed by atoms with E-state index in [-0.39, 0.29) is 4.90 Å². The Balaban J connectivity index is 3.09. The normalized spacial score (nSPS) is 15.1. The van der Waals surface area contributed by atoms with Crippen molar-refractivity contribution in [3.05, 3.63) is 28.7 Å². The molecule has 0 bridgehead atoms. The minimum Gasteiger partial charge on any atom is -0.480 e. The number of halogens is 1. The van der Waals surface area contributed by atoms with E-state index in [2.05, 4.69) is 15.9 Å². The molecule has 8 heteroatoms. The van der Waals surface area contributed by atoms with Gasteiger partial charge in [-0.2, -0.15) is 4.72 Å². The molecule has 1 aromatic carbocycles.